The molecule has 2 bridgehead atoms. The van der Waals surface area contributed by atoms with Gasteiger partial charge in [0, 0.05) is 77.6 Å². The topological polar surface area (TPSA) is 417 Å². The number of aliphatic hydroxyl groups excluding tert-OH is 4. The number of carbonyl (C=O) groups is 13. The molecule has 12 amide bonds. The first-order chi connectivity index (χ1) is 60.0. The van der Waals surface area contributed by atoms with E-state index in [0.717, 1.165) is 9.80 Å². The molecule has 33 heteroatoms. The molecule has 33 nitrogen and oxygen atoms in total. The van der Waals surface area contributed by atoms with Crippen LogP contribution in [0.25, 0.3) is 0 Å². The van der Waals surface area contributed by atoms with Crippen molar-refractivity contribution >= 4 is 76.9 Å². The second-order valence-corrected chi connectivity index (χ2v) is 35.9. The molecule has 7 unspecified atom stereocenters. The van der Waals surface area contributed by atoms with Gasteiger partial charge >= 0.3 is 5.97 Å². The molecule has 5 rings (SSSR count). The third-order valence-electron chi connectivity index (χ3n) is 23.6. The summed E-state index contributed by atoms with van der Waals surface area (Å²) in [6, 6.07) is -9.47. The molecule has 4 aliphatic heterocycles. The summed E-state index contributed by atoms with van der Waals surface area (Å²) in [5.74, 6) is -10.8. The summed E-state index contributed by atoms with van der Waals surface area (Å²) in [4.78, 5) is 200. The molecule has 2 saturated heterocycles. The summed E-state index contributed by atoms with van der Waals surface area (Å²) >= 11 is 0. The number of fused-ring (bicyclic) bond motifs is 4. The van der Waals surface area contributed by atoms with E-state index in [9.17, 15) is 63.6 Å². The number of carbonyl (C=O) groups excluding carboxylic acids is 13. The highest BCUT2D eigenvalue weighted by molar-refractivity contribution is 6.03. The second kappa shape index (κ2) is 49.1. The Morgan fingerprint density at radius 1 is 0.656 bits per heavy atom. The standard InChI is InChI=1S/C95H143N13O20/c1-27-31-69-76(40-44-109)127-45-41-66(110)38-35-61(17)95(69)68-39-37-65(52-67(68)94(125)128-95)84(115)97-43-47-126-46-42-96-82(113)60(16)34-36-64(28-2)32-30-33-71-81(112)80-93(124)108(71)70(29-3)88(119)101(20)53-77(111)102(21)72(48-54(4)5)86(117)100-78(58(12)13)91(122)103(22)73(49-55(6)7)85(116)98-62(18)83(114)99-63(19)87(118)104(23)74(50-56(8)9)89(120)105(24)75(51-57(10)11)90(121)106(25)79(59(14)15)92(123)107(80)26/h27-28,30-32,34-41,52,54-59,62-63,70-75,78-81,89,109-110,112,120H,1-2,17,29,33,42-51,53H2,3-16,18-26H3,(H,96,113)(H,97,115)(H,98,116)(H,99,114)(H,100,117)/b32-30+,38-35-,60-34+,64-36+,66-41+,69-31?,76-40+/t62?,63-,70+,71?,72?,73+,74?,75?,78?,79+,80+,81-,89+,95?/m1/s1. The van der Waals surface area contributed by atoms with Gasteiger partial charge in [0.1, 0.15) is 78.8 Å². The van der Waals surface area contributed by atoms with E-state index in [0.29, 0.717) is 11.1 Å². The van der Waals surface area contributed by atoms with Gasteiger partial charge in [-0.2, -0.15) is 0 Å². The third-order valence-corrected chi connectivity index (χ3v) is 23.6. The van der Waals surface area contributed by atoms with Crippen LogP contribution in [0.2, 0.25) is 0 Å². The summed E-state index contributed by atoms with van der Waals surface area (Å²) in [7, 11) is 9.96. The van der Waals surface area contributed by atoms with E-state index in [1.807, 2.05) is 55.4 Å². The Morgan fingerprint density at radius 3 is 1.81 bits per heavy atom. The van der Waals surface area contributed by atoms with Crippen LogP contribution in [-0.4, -0.2) is 311 Å². The van der Waals surface area contributed by atoms with Gasteiger partial charge in [-0.25, -0.2) is 4.79 Å². The molecule has 0 aromatic heterocycles. The van der Waals surface area contributed by atoms with Crippen molar-refractivity contribution in [3.63, 3.8) is 0 Å². The maximum atomic E-state index is 15.7. The number of ether oxygens (including phenoxy) is 3. The van der Waals surface area contributed by atoms with E-state index < -0.39 is 186 Å². The zero-order chi connectivity index (χ0) is 96.5. The number of amides is 12. The van der Waals surface area contributed by atoms with Crippen LogP contribution in [0.15, 0.2) is 139 Å². The van der Waals surface area contributed by atoms with Crippen LogP contribution in [0, 0.1) is 35.5 Å². The van der Waals surface area contributed by atoms with E-state index in [1.54, 1.807) is 78.0 Å². The van der Waals surface area contributed by atoms with Gasteiger partial charge in [-0.3, -0.25) is 62.4 Å². The first kappa shape index (κ1) is 108. The fourth-order valence-corrected chi connectivity index (χ4v) is 16.3. The number of hydrogen-bond acceptors (Lipinski definition) is 21. The number of likely N-dealkylation sites (N-methyl/N-ethyl adjacent to an activating group) is 7. The monoisotopic (exact) mass is 1790 g/mol. The molecule has 0 saturated carbocycles. The Balaban J connectivity index is 1.47. The van der Waals surface area contributed by atoms with Gasteiger partial charge in [-0.1, -0.05) is 164 Å². The fourth-order valence-electron chi connectivity index (χ4n) is 16.3. The van der Waals surface area contributed by atoms with Crippen molar-refractivity contribution in [1.29, 1.82) is 0 Å². The zero-order valence-electron chi connectivity index (χ0n) is 79.3. The zero-order valence-corrected chi connectivity index (χ0v) is 79.3. The number of aliphatic hydroxyl groups is 4. The molecule has 2 fully saturated rings. The van der Waals surface area contributed by atoms with E-state index in [2.05, 4.69) is 46.3 Å². The lowest BCUT2D eigenvalue weighted by atomic mass is 9.77. The van der Waals surface area contributed by atoms with E-state index in [-0.39, 0.29) is 134 Å². The lowest BCUT2D eigenvalue weighted by Crippen LogP contribution is -2.62. The van der Waals surface area contributed by atoms with Gasteiger partial charge in [0.05, 0.1) is 50.1 Å². The van der Waals surface area contributed by atoms with Crippen LogP contribution in [-0.2, 0) is 72.6 Å². The van der Waals surface area contributed by atoms with Gasteiger partial charge in [-0.15, -0.1) is 0 Å². The predicted octanol–water partition coefficient (Wildman–Crippen LogP) is 6.06. The van der Waals surface area contributed by atoms with Crippen LogP contribution in [0.3, 0.4) is 0 Å². The van der Waals surface area contributed by atoms with Crippen LogP contribution in [0.4, 0.5) is 0 Å². The number of esters is 1. The highest BCUT2D eigenvalue weighted by atomic mass is 16.6. The van der Waals surface area contributed by atoms with Crippen molar-refractivity contribution in [2.24, 2.45) is 35.5 Å². The lowest BCUT2D eigenvalue weighted by molar-refractivity contribution is -0.157. The summed E-state index contributed by atoms with van der Waals surface area (Å²) in [5.41, 5.74) is 0.0325. The van der Waals surface area contributed by atoms with E-state index in [1.165, 1.54) is 141 Å². The minimum absolute atomic E-state index is 0.0361. The van der Waals surface area contributed by atoms with Crippen molar-refractivity contribution in [3.8, 4) is 0 Å². The van der Waals surface area contributed by atoms with Gasteiger partial charge in [-0.05, 0) is 143 Å². The van der Waals surface area contributed by atoms with Gasteiger partial charge in [0.2, 0.25) is 65.0 Å². The summed E-state index contributed by atoms with van der Waals surface area (Å²) in [6.07, 6.45) is 13.6. The lowest BCUT2D eigenvalue weighted by Gasteiger charge is -2.43. The van der Waals surface area contributed by atoms with Crippen LogP contribution in [0.1, 0.15) is 176 Å². The van der Waals surface area contributed by atoms with Crippen molar-refractivity contribution < 1.29 is 97.0 Å². The maximum Gasteiger partial charge on any atom is 0.340 e. The summed E-state index contributed by atoms with van der Waals surface area (Å²) < 4.78 is 17.8. The molecular formula is C95H143N13O20. The highest BCUT2D eigenvalue weighted by Gasteiger charge is 2.56. The Bertz CT molecular complexity index is 4420. The molecule has 1 aromatic rings. The summed E-state index contributed by atoms with van der Waals surface area (Å²) in [6.45, 7) is 38.8. The molecule has 4 aliphatic rings. The average Bonchev–Trinajstić information content (AvgIpc) is 1.57. The Kier molecular flexibility index (Phi) is 41.3. The molecule has 9 N–H and O–H groups in total. The minimum atomic E-state index is -1.72. The first-order valence-electron chi connectivity index (χ1n) is 44.2. The van der Waals surface area contributed by atoms with E-state index in [4.69, 9.17) is 14.2 Å². The smallest absolute Gasteiger partial charge is 0.340 e. The van der Waals surface area contributed by atoms with Gasteiger partial charge in [0.25, 0.3) is 5.91 Å². The molecule has 1 spiro atoms. The third kappa shape index (κ3) is 27.1. The van der Waals surface area contributed by atoms with Crippen LogP contribution < -0.4 is 26.6 Å². The number of nitrogens with one attached hydrogen (secondary N) is 5. The minimum Gasteiger partial charge on any atom is -0.508 e. The molecule has 14 atom stereocenters. The predicted molar refractivity (Wildman–Crippen MR) is 487 cm³/mol. The largest absolute Gasteiger partial charge is 0.508 e. The van der Waals surface area contributed by atoms with Crippen molar-refractivity contribution in [2.75, 3.05) is 95.4 Å². The van der Waals surface area contributed by atoms with Crippen molar-refractivity contribution in [2.45, 2.75) is 234 Å². The molecule has 4 heterocycles. The number of hydrogen-bond donors (Lipinski definition) is 9. The van der Waals surface area contributed by atoms with Crippen molar-refractivity contribution in [3.05, 3.63) is 155 Å². The molecule has 128 heavy (non-hydrogen) atoms. The first-order valence-corrected chi connectivity index (χ1v) is 44.2. The summed E-state index contributed by atoms with van der Waals surface area (Å²) in [5, 5.41) is 59.7. The van der Waals surface area contributed by atoms with E-state index >= 15 is 19.2 Å². The molecular weight excluding hydrogens is 1640 g/mol. The quantitative estimate of drug-likeness (QED) is 0.0220. The number of rotatable bonds is 26. The SMILES string of the molecule is C=CC=C1/C(=C\CO)OC/C=C(O)\C=C/C(=C)C12OC(=O)c1cc(C(=O)NCCOCCNC(=O)/C(C)=C/C=C(C=C)/C=C/CC3[C@@H](O)[C@H]4C(=O)N3[C@@H](CC)C(=O)N(C)CC(=O)N(C)C(CC(C)C)C(=O)NC(C(C)C)C(=O)N(C)[C@@H](CC(C)C)C(=O)NC(C)C(=O)N[C@H](C)C(=O)N(C)C(CC(C)C)[C@H](O)N(C)C(CC(C)C)C(=O)N(C)[C@@H](C(C)C)C(=O)N4C)ccc12. The highest BCUT2D eigenvalue weighted by Crippen LogP contribution is 2.50. The van der Waals surface area contributed by atoms with Gasteiger partial charge < -0.3 is 95.5 Å². The van der Waals surface area contributed by atoms with Gasteiger partial charge in [0.15, 0.2) is 5.60 Å². The van der Waals surface area contributed by atoms with Crippen LogP contribution in [0.5, 0.6) is 0 Å². The fraction of sp³-hybridized carbons (Fsp3) is 0.589. The maximum absolute atomic E-state index is 15.7. The average molecular weight is 1790 g/mol. The molecule has 1 aromatic carbocycles. The van der Waals surface area contributed by atoms with Crippen LogP contribution >= 0.6 is 0 Å². The number of allylic oxidation sites excluding steroid dienone is 8. The normalized spacial score (nSPS) is 27.4. The molecule has 708 valence electrons. The number of benzene rings is 1. The molecule has 0 aliphatic carbocycles. The van der Waals surface area contributed by atoms with Crippen molar-refractivity contribution in [1.82, 2.24) is 65.8 Å². The Morgan fingerprint density at radius 2 is 1.24 bits per heavy atom. The number of nitrogens with zero attached hydrogens (tertiary/aromatic N) is 8. The Labute approximate surface area is 755 Å². The molecule has 0 radical (unpaired) electrons. The Hall–Kier alpha value is -10.9. The second-order valence-electron chi connectivity index (χ2n) is 35.9.